The van der Waals surface area contributed by atoms with Crippen LogP contribution in [0, 0.1) is 5.92 Å². The van der Waals surface area contributed by atoms with Crippen LogP contribution in [0.1, 0.15) is 13.8 Å². The maximum absolute atomic E-state index is 10.6. The number of nitrogens with zero attached hydrogens (tertiary/aromatic N) is 1. The molecule has 0 aliphatic carbocycles. The summed E-state index contributed by atoms with van der Waals surface area (Å²) in [6.07, 6.45) is 0. The molecule has 0 aliphatic rings. The van der Waals surface area contributed by atoms with Gasteiger partial charge in [-0.05, 0) is 0 Å². The molecule has 0 aromatic heterocycles. The molecular weight excluding hydrogens is 178 g/mol. The van der Waals surface area contributed by atoms with Crippen LogP contribution in [0.15, 0.2) is 0 Å². The third kappa shape index (κ3) is 6.57. The zero-order valence-corrected chi connectivity index (χ0v) is 8.93. The van der Waals surface area contributed by atoms with Crippen LogP contribution in [0.4, 0.5) is 0 Å². The summed E-state index contributed by atoms with van der Waals surface area (Å²) in [5, 5.41) is 0. The number of rotatable bonds is 4. The van der Waals surface area contributed by atoms with Gasteiger partial charge in [-0.2, -0.15) is 8.42 Å². The predicted molar refractivity (Wildman–Crippen MR) is 48.2 cm³/mol. The van der Waals surface area contributed by atoms with Crippen molar-refractivity contribution >= 4 is 10.1 Å². The first-order chi connectivity index (χ1) is 5.12. The van der Waals surface area contributed by atoms with Crippen molar-refractivity contribution in [1.29, 1.82) is 0 Å². The summed E-state index contributed by atoms with van der Waals surface area (Å²) in [6.45, 7) is 4.77. The van der Waals surface area contributed by atoms with Gasteiger partial charge in [0.2, 0.25) is 5.88 Å². The molecule has 0 radical (unpaired) electrons. The van der Waals surface area contributed by atoms with Gasteiger partial charge in [0.15, 0.2) is 0 Å². The van der Waals surface area contributed by atoms with Crippen LogP contribution in [-0.2, 0) is 10.1 Å². The Bertz CT molecular complexity index is 231. The van der Waals surface area contributed by atoms with E-state index in [0.29, 0.717) is 10.4 Å². The lowest BCUT2D eigenvalue weighted by molar-refractivity contribution is -0.881. The summed E-state index contributed by atoms with van der Waals surface area (Å²) in [6, 6.07) is 0. The van der Waals surface area contributed by atoms with Crippen LogP contribution < -0.4 is 0 Å². The zero-order chi connectivity index (χ0) is 9.99. The van der Waals surface area contributed by atoms with Crippen molar-refractivity contribution in [2.45, 2.75) is 13.8 Å². The van der Waals surface area contributed by atoms with E-state index in [1.165, 1.54) is 0 Å². The van der Waals surface area contributed by atoms with Gasteiger partial charge in [-0.3, -0.25) is 4.55 Å². The summed E-state index contributed by atoms with van der Waals surface area (Å²) in [5.74, 6) is 0.201. The lowest BCUT2D eigenvalue weighted by atomic mass is 10.2. The van der Waals surface area contributed by atoms with E-state index in [-0.39, 0.29) is 5.88 Å². The first kappa shape index (κ1) is 11.9. The molecular formula is C7H18NO3S+. The monoisotopic (exact) mass is 196 g/mol. The summed E-state index contributed by atoms with van der Waals surface area (Å²) >= 11 is 0. The molecule has 0 heterocycles. The van der Waals surface area contributed by atoms with Gasteiger partial charge < -0.3 is 4.48 Å². The molecule has 0 saturated carbocycles. The Morgan fingerprint density at radius 2 is 1.75 bits per heavy atom. The zero-order valence-electron chi connectivity index (χ0n) is 8.11. The molecule has 0 aliphatic heterocycles. The predicted octanol–water partition coefficient (Wildman–Crippen LogP) is 0.564. The first-order valence-corrected chi connectivity index (χ1v) is 5.50. The molecule has 0 bridgehead atoms. The lowest BCUT2D eigenvalue weighted by Gasteiger charge is -2.29. The van der Waals surface area contributed by atoms with E-state index in [9.17, 15) is 8.42 Å². The number of hydrogen-bond donors (Lipinski definition) is 1. The number of quaternary nitrogens is 1. The van der Waals surface area contributed by atoms with E-state index in [2.05, 4.69) is 0 Å². The average molecular weight is 196 g/mol. The molecule has 0 rings (SSSR count). The average Bonchev–Trinajstić information content (AvgIpc) is 1.48. The highest BCUT2D eigenvalue weighted by Gasteiger charge is 2.23. The van der Waals surface area contributed by atoms with E-state index in [0.717, 1.165) is 6.54 Å². The molecule has 4 nitrogen and oxygen atoms in total. The third-order valence-corrected chi connectivity index (χ3v) is 2.40. The lowest BCUT2D eigenvalue weighted by Crippen LogP contribution is -2.45. The standard InChI is InChI=1S/C7H17NO3S/c1-7(2)5-8(3,4)6-12(9,10)11/h7H,5-6H2,1-4H3/p+1. The molecule has 0 aromatic carbocycles. The second-order valence-corrected chi connectivity index (χ2v) is 5.65. The van der Waals surface area contributed by atoms with Crippen molar-refractivity contribution in [3.63, 3.8) is 0 Å². The highest BCUT2D eigenvalue weighted by atomic mass is 32.2. The molecule has 0 atom stereocenters. The van der Waals surface area contributed by atoms with Crippen LogP contribution in [0.3, 0.4) is 0 Å². The van der Waals surface area contributed by atoms with E-state index in [1.54, 1.807) is 14.1 Å². The second-order valence-electron chi connectivity index (χ2n) is 4.22. The molecule has 0 amide bonds. The van der Waals surface area contributed by atoms with Crippen molar-refractivity contribution in [3.8, 4) is 0 Å². The Morgan fingerprint density at radius 3 is 2.00 bits per heavy atom. The topological polar surface area (TPSA) is 54.4 Å². The molecule has 0 aromatic rings. The Morgan fingerprint density at radius 1 is 1.33 bits per heavy atom. The van der Waals surface area contributed by atoms with Gasteiger partial charge in [-0.1, -0.05) is 13.8 Å². The fourth-order valence-electron chi connectivity index (χ4n) is 1.48. The van der Waals surface area contributed by atoms with Crippen molar-refractivity contribution in [1.82, 2.24) is 0 Å². The fourth-order valence-corrected chi connectivity index (χ4v) is 2.47. The van der Waals surface area contributed by atoms with Crippen LogP contribution in [0.25, 0.3) is 0 Å². The summed E-state index contributed by atoms with van der Waals surface area (Å²) in [4.78, 5) is 0. The van der Waals surface area contributed by atoms with Crippen molar-refractivity contribution < 1.29 is 17.5 Å². The van der Waals surface area contributed by atoms with Gasteiger partial charge in [0.05, 0.1) is 20.6 Å². The Balaban J connectivity index is 4.23. The fraction of sp³-hybridized carbons (Fsp3) is 1.00. The van der Waals surface area contributed by atoms with Crippen LogP contribution in [0.5, 0.6) is 0 Å². The maximum Gasteiger partial charge on any atom is 0.316 e. The van der Waals surface area contributed by atoms with Gasteiger partial charge >= 0.3 is 10.1 Å². The molecule has 12 heavy (non-hydrogen) atoms. The summed E-state index contributed by atoms with van der Waals surface area (Å²) in [7, 11) is -0.284. The largest absolute Gasteiger partial charge is 0.316 e. The Hall–Kier alpha value is -0.130. The van der Waals surface area contributed by atoms with Crippen molar-refractivity contribution in [2.24, 2.45) is 5.92 Å². The van der Waals surface area contributed by atoms with E-state index < -0.39 is 10.1 Å². The Labute approximate surface area is 74.5 Å². The van der Waals surface area contributed by atoms with Gasteiger partial charge in [0, 0.05) is 5.92 Å². The molecule has 1 N–H and O–H groups in total. The normalized spacial score (nSPS) is 13.8. The summed E-state index contributed by atoms with van der Waals surface area (Å²) in [5.41, 5.74) is 0. The van der Waals surface area contributed by atoms with Gasteiger partial charge in [-0.25, -0.2) is 0 Å². The highest BCUT2D eigenvalue weighted by molar-refractivity contribution is 7.85. The quantitative estimate of drug-likeness (QED) is 0.528. The van der Waals surface area contributed by atoms with Crippen LogP contribution >= 0.6 is 0 Å². The number of hydrogen-bond acceptors (Lipinski definition) is 2. The van der Waals surface area contributed by atoms with Crippen LogP contribution in [-0.4, -0.2) is 44.0 Å². The third-order valence-electron chi connectivity index (χ3n) is 1.37. The minimum Gasteiger partial charge on any atom is -0.314 e. The molecule has 5 heteroatoms. The summed E-state index contributed by atoms with van der Waals surface area (Å²) < 4.78 is 30.1. The first-order valence-electron chi connectivity index (χ1n) is 3.89. The minimum absolute atomic E-state index is 0.217. The minimum atomic E-state index is -3.86. The molecule has 0 spiro atoms. The molecule has 74 valence electrons. The molecule has 0 fully saturated rings. The smallest absolute Gasteiger partial charge is 0.314 e. The van der Waals surface area contributed by atoms with Crippen molar-refractivity contribution in [2.75, 3.05) is 26.5 Å². The van der Waals surface area contributed by atoms with Gasteiger partial charge in [0.25, 0.3) is 0 Å². The molecule has 0 unspecified atom stereocenters. The molecule has 0 saturated heterocycles. The Kier molecular flexibility index (Phi) is 3.68. The highest BCUT2D eigenvalue weighted by Crippen LogP contribution is 2.06. The van der Waals surface area contributed by atoms with Crippen LogP contribution in [0.2, 0.25) is 0 Å². The van der Waals surface area contributed by atoms with E-state index >= 15 is 0 Å². The maximum atomic E-state index is 10.6. The SMILES string of the molecule is CC(C)C[N+](C)(C)CS(=O)(=O)O. The van der Waals surface area contributed by atoms with E-state index in [4.69, 9.17) is 4.55 Å². The van der Waals surface area contributed by atoms with Gasteiger partial charge in [-0.15, -0.1) is 0 Å². The van der Waals surface area contributed by atoms with E-state index in [1.807, 2.05) is 13.8 Å². The second kappa shape index (κ2) is 3.72. The van der Waals surface area contributed by atoms with Gasteiger partial charge in [0.1, 0.15) is 0 Å². The van der Waals surface area contributed by atoms with Crippen molar-refractivity contribution in [3.05, 3.63) is 0 Å².